The van der Waals surface area contributed by atoms with Crippen molar-refractivity contribution in [3.05, 3.63) is 29.8 Å². The number of hydrogen-bond donors (Lipinski definition) is 1. The van der Waals surface area contributed by atoms with Gasteiger partial charge in [-0.3, -0.25) is 4.79 Å². The minimum atomic E-state index is -0.236. The van der Waals surface area contributed by atoms with Crippen LogP contribution in [0, 0.1) is 5.41 Å². The van der Waals surface area contributed by atoms with Gasteiger partial charge in [0.1, 0.15) is 5.75 Å². The Kier molecular flexibility index (Phi) is 5.23. The summed E-state index contributed by atoms with van der Waals surface area (Å²) in [6.45, 7) is 7.14. The largest absolute Gasteiger partial charge is 0.494 e. The van der Waals surface area contributed by atoms with Gasteiger partial charge in [0.25, 0.3) is 0 Å². The van der Waals surface area contributed by atoms with Gasteiger partial charge in [0.2, 0.25) is 5.91 Å². The Bertz CT molecular complexity index is 481. The first kappa shape index (κ1) is 15.8. The molecule has 0 radical (unpaired) electrons. The second-order valence-electron chi connectivity index (χ2n) is 6.01. The molecule has 1 aliphatic rings. The fourth-order valence-electron chi connectivity index (χ4n) is 2.91. The molecule has 21 heavy (non-hydrogen) atoms. The molecule has 0 saturated carbocycles. The van der Waals surface area contributed by atoms with E-state index in [1.54, 1.807) is 0 Å². The van der Waals surface area contributed by atoms with E-state index in [1.165, 1.54) is 0 Å². The molecule has 1 saturated heterocycles. The maximum atomic E-state index is 12.8. The molecule has 1 heterocycles. The highest BCUT2D eigenvalue weighted by atomic mass is 16.5. The molecule has 0 aromatic heterocycles. The van der Waals surface area contributed by atoms with Crippen LogP contribution in [0.4, 0.5) is 0 Å². The van der Waals surface area contributed by atoms with Gasteiger partial charge in [0.05, 0.1) is 6.61 Å². The summed E-state index contributed by atoms with van der Waals surface area (Å²) >= 11 is 0. The number of para-hydroxylation sites is 1. The summed E-state index contributed by atoms with van der Waals surface area (Å²) in [5, 5.41) is 3.32. The van der Waals surface area contributed by atoms with Crippen molar-refractivity contribution >= 4 is 5.91 Å². The Balaban J connectivity index is 2.07. The van der Waals surface area contributed by atoms with E-state index in [1.807, 2.05) is 43.1 Å². The Hall–Kier alpha value is -1.55. The smallest absolute Gasteiger partial charge is 0.228 e. The molecule has 0 bridgehead atoms. The number of rotatable bonds is 5. The molecule has 1 fully saturated rings. The Labute approximate surface area is 127 Å². The van der Waals surface area contributed by atoms with Crippen LogP contribution >= 0.6 is 0 Å². The molecular weight excluding hydrogens is 264 g/mol. The number of piperidine rings is 1. The minimum Gasteiger partial charge on any atom is -0.494 e. The zero-order chi connectivity index (χ0) is 15.3. The molecule has 0 unspecified atom stereocenters. The first-order valence-electron chi connectivity index (χ1n) is 7.74. The van der Waals surface area contributed by atoms with Gasteiger partial charge in [0, 0.05) is 24.6 Å². The quantitative estimate of drug-likeness (QED) is 0.905. The first-order chi connectivity index (χ1) is 10.1. The standard InChI is InChI=1S/C17H26N2O2/c1-4-21-15-8-6-5-7-14(15)13-19(3)16(20)17(2)9-11-18-12-10-17/h5-8,18H,4,9-13H2,1-3H3. The van der Waals surface area contributed by atoms with Crippen LogP contribution in [0.1, 0.15) is 32.3 Å². The minimum absolute atomic E-state index is 0.232. The Morgan fingerprint density at radius 1 is 1.33 bits per heavy atom. The second kappa shape index (κ2) is 6.94. The molecule has 0 spiro atoms. The third-order valence-corrected chi connectivity index (χ3v) is 4.25. The molecule has 0 atom stereocenters. The van der Waals surface area contributed by atoms with Gasteiger partial charge in [-0.15, -0.1) is 0 Å². The van der Waals surface area contributed by atoms with Gasteiger partial charge in [-0.1, -0.05) is 25.1 Å². The molecule has 116 valence electrons. The van der Waals surface area contributed by atoms with Crippen molar-refractivity contribution in [3.63, 3.8) is 0 Å². The summed E-state index contributed by atoms with van der Waals surface area (Å²) in [6.07, 6.45) is 1.81. The van der Waals surface area contributed by atoms with Crippen LogP contribution in [-0.4, -0.2) is 37.6 Å². The predicted octanol–water partition coefficient (Wildman–Crippen LogP) is 2.43. The van der Waals surface area contributed by atoms with Crippen LogP contribution < -0.4 is 10.1 Å². The highest BCUT2D eigenvalue weighted by molar-refractivity contribution is 5.82. The lowest BCUT2D eigenvalue weighted by molar-refractivity contribution is -0.141. The van der Waals surface area contributed by atoms with Gasteiger partial charge in [-0.2, -0.15) is 0 Å². The average molecular weight is 290 g/mol. The molecule has 2 rings (SSSR count). The molecular formula is C17H26N2O2. The van der Waals surface area contributed by atoms with E-state index in [9.17, 15) is 4.79 Å². The number of nitrogens with one attached hydrogen (secondary N) is 1. The summed E-state index contributed by atoms with van der Waals surface area (Å²) in [7, 11) is 1.89. The van der Waals surface area contributed by atoms with E-state index < -0.39 is 0 Å². The van der Waals surface area contributed by atoms with E-state index in [0.29, 0.717) is 13.2 Å². The topological polar surface area (TPSA) is 41.6 Å². The summed E-state index contributed by atoms with van der Waals surface area (Å²) < 4.78 is 5.64. The monoisotopic (exact) mass is 290 g/mol. The van der Waals surface area contributed by atoms with E-state index >= 15 is 0 Å². The van der Waals surface area contributed by atoms with Crippen LogP contribution in [0.3, 0.4) is 0 Å². The normalized spacial score (nSPS) is 17.3. The van der Waals surface area contributed by atoms with E-state index in [0.717, 1.165) is 37.2 Å². The van der Waals surface area contributed by atoms with Gasteiger partial charge in [-0.05, 0) is 38.9 Å². The Morgan fingerprint density at radius 3 is 2.67 bits per heavy atom. The lowest BCUT2D eigenvalue weighted by Crippen LogP contribution is -2.46. The maximum absolute atomic E-state index is 12.8. The molecule has 0 aliphatic carbocycles. The molecule has 4 nitrogen and oxygen atoms in total. The van der Waals surface area contributed by atoms with Crippen molar-refractivity contribution in [2.24, 2.45) is 5.41 Å². The summed E-state index contributed by atoms with van der Waals surface area (Å²) in [5.41, 5.74) is 0.827. The number of nitrogens with zero attached hydrogens (tertiary/aromatic N) is 1. The van der Waals surface area contributed by atoms with E-state index in [-0.39, 0.29) is 11.3 Å². The van der Waals surface area contributed by atoms with Crippen LogP contribution in [0.15, 0.2) is 24.3 Å². The molecule has 1 aliphatic heterocycles. The van der Waals surface area contributed by atoms with Gasteiger partial charge < -0.3 is 15.0 Å². The SMILES string of the molecule is CCOc1ccccc1CN(C)C(=O)C1(C)CCNCC1. The zero-order valence-electron chi connectivity index (χ0n) is 13.3. The third-order valence-electron chi connectivity index (χ3n) is 4.25. The molecule has 1 aromatic rings. The van der Waals surface area contributed by atoms with Gasteiger partial charge >= 0.3 is 0 Å². The average Bonchev–Trinajstić information content (AvgIpc) is 2.49. The van der Waals surface area contributed by atoms with E-state index in [4.69, 9.17) is 4.74 Å². The van der Waals surface area contributed by atoms with Crippen LogP contribution in [0.25, 0.3) is 0 Å². The molecule has 1 aromatic carbocycles. The van der Waals surface area contributed by atoms with Gasteiger partial charge in [0.15, 0.2) is 0 Å². The first-order valence-corrected chi connectivity index (χ1v) is 7.74. The van der Waals surface area contributed by atoms with Crippen molar-refractivity contribution in [1.82, 2.24) is 10.2 Å². The number of hydrogen-bond acceptors (Lipinski definition) is 3. The molecule has 4 heteroatoms. The van der Waals surface area contributed by atoms with Gasteiger partial charge in [-0.25, -0.2) is 0 Å². The number of amides is 1. The number of carbonyl (C=O) groups excluding carboxylic acids is 1. The lowest BCUT2D eigenvalue weighted by Gasteiger charge is -2.36. The highest BCUT2D eigenvalue weighted by Crippen LogP contribution is 2.31. The van der Waals surface area contributed by atoms with Crippen molar-refractivity contribution < 1.29 is 9.53 Å². The summed E-state index contributed by atoms with van der Waals surface area (Å²) in [4.78, 5) is 14.6. The van der Waals surface area contributed by atoms with Crippen molar-refractivity contribution in [1.29, 1.82) is 0 Å². The van der Waals surface area contributed by atoms with Crippen LogP contribution in [-0.2, 0) is 11.3 Å². The lowest BCUT2D eigenvalue weighted by atomic mass is 9.79. The second-order valence-corrected chi connectivity index (χ2v) is 6.01. The fraction of sp³-hybridized carbons (Fsp3) is 0.588. The van der Waals surface area contributed by atoms with Crippen molar-refractivity contribution in [3.8, 4) is 5.75 Å². The highest BCUT2D eigenvalue weighted by Gasteiger charge is 2.36. The maximum Gasteiger partial charge on any atom is 0.228 e. The van der Waals surface area contributed by atoms with Crippen molar-refractivity contribution in [2.45, 2.75) is 33.2 Å². The number of carbonyl (C=O) groups is 1. The van der Waals surface area contributed by atoms with Crippen LogP contribution in [0.5, 0.6) is 5.75 Å². The van der Waals surface area contributed by atoms with E-state index in [2.05, 4.69) is 12.2 Å². The molecule has 1 amide bonds. The number of ether oxygens (including phenoxy) is 1. The molecule has 1 N–H and O–H groups in total. The predicted molar refractivity (Wildman–Crippen MR) is 84.3 cm³/mol. The summed E-state index contributed by atoms with van der Waals surface area (Å²) in [5.74, 6) is 1.10. The fourth-order valence-corrected chi connectivity index (χ4v) is 2.91. The third kappa shape index (κ3) is 3.76. The number of benzene rings is 1. The van der Waals surface area contributed by atoms with Crippen LogP contribution in [0.2, 0.25) is 0 Å². The van der Waals surface area contributed by atoms with Crippen molar-refractivity contribution in [2.75, 3.05) is 26.7 Å². The Morgan fingerprint density at radius 2 is 2.00 bits per heavy atom. The summed E-state index contributed by atoms with van der Waals surface area (Å²) in [6, 6.07) is 7.94. The zero-order valence-corrected chi connectivity index (χ0v) is 13.3.